The van der Waals surface area contributed by atoms with Gasteiger partial charge in [-0.15, -0.1) is 0 Å². The molecule has 0 saturated heterocycles. The van der Waals surface area contributed by atoms with Gasteiger partial charge in [0.15, 0.2) is 0 Å². The maximum Gasteiger partial charge on any atom is 0.138 e. The Kier molecular flexibility index (Phi) is 5.91. The number of rotatable bonds is 6. The molecule has 1 N–H and O–H groups in total. The lowest BCUT2D eigenvalue weighted by Crippen LogP contribution is -2.25. The van der Waals surface area contributed by atoms with Crippen molar-refractivity contribution in [2.75, 3.05) is 42.4 Å². The van der Waals surface area contributed by atoms with Gasteiger partial charge in [0.1, 0.15) is 17.5 Å². The average Bonchev–Trinajstić information content (AvgIpc) is 2.35. The molecule has 0 atom stereocenters. The second-order valence-corrected chi connectivity index (χ2v) is 6.62. The molecule has 0 aliphatic rings. The SMILES string of the molecule is CCNc1cc(N(C)CCSC)nc(C(C)(C)C)n1. The Bertz CT molecular complexity index is 401. The van der Waals surface area contributed by atoms with E-state index >= 15 is 0 Å². The number of aromatic nitrogens is 2. The summed E-state index contributed by atoms with van der Waals surface area (Å²) in [4.78, 5) is 11.5. The Balaban J connectivity index is 3.05. The van der Waals surface area contributed by atoms with Crippen LogP contribution in [0.1, 0.15) is 33.5 Å². The van der Waals surface area contributed by atoms with Gasteiger partial charge in [0.05, 0.1) is 0 Å². The first-order valence-electron chi connectivity index (χ1n) is 6.72. The Hall–Kier alpha value is -0.970. The van der Waals surface area contributed by atoms with E-state index in [4.69, 9.17) is 4.98 Å². The summed E-state index contributed by atoms with van der Waals surface area (Å²) in [5.41, 5.74) is -0.0411. The summed E-state index contributed by atoms with van der Waals surface area (Å²) < 4.78 is 0. The molecule has 5 heteroatoms. The molecule has 19 heavy (non-hydrogen) atoms. The molecular weight excluding hydrogens is 256 g/mol. The summed E-state index contributed by atoms with van der Waals surface area (Å²) in [6.07, 6.45) is 2.12. The first kappa shape index (κ1) is 16.1. The van der Waals surface area contributed by atoms with Crippen molar-refractivity contribution >= 4 is 23.4 Å². The monoisotopic (exact) mass is 282 g/mol. The molecule has 0 unspecified atom stereocenters. The maximum atomic E-state index is 4.71. The fourth-order valence-electron chi connectivity index (χ4n) is 1.58. The molecular formula is C14H26N4S. The van der Waals surface area contributed by atoms with Gasteiger partial charge in [-0.2, -0.15) is 11.8 Å². The first-order valence-corrected chi connectivity index (χ1v) is 8.11. The molecule has 0 aliphatic carbocycles. The number of thioether (sulfide) groups is 1. The fourth-order valence-corrected chi connectivity index (χ4v) is 2.04. The molecule has 0 fully saturated rings. The van der Waals surface area contributed by atoms with Gasteiger partial charge in [-0.1, -0.05) is 20.8 Å². The molecule has 0 radical (unpaired) electrons. The summed E-state index contributed by atoms with van der Waals surface area (Å²) in [7, 11) is 2.08. The Morgan fingerprint density at radius 1 is 1.32 bits per heavy atom. The van der Waals surface area contributed by atoms with Crippen LogP contribution in [0.25, 0.3) is 0 Å². The van der Waals surface area contributed by atoms with Crippen LogP contribution in [0.2, 0.25) is 0 Å². The van der Waals surface area contributed by atoms with Crippen molar-refractivity contribution in [1.29, 1.82) is 0 Å². The summed E-state index contributed by atoms with van der Waals surface area (Å²) in [6, 6.07) is 2.03. The van der Waals surface area contributed by atoms with E-state index < -0.39 is 0 Å². The molecule has 1 aromatic rings. The van der Waals surface area contributed by atoms with Crippen molar-refractivity contribution in [2.45, 2.75) is 33.1 Å². The lowest BCUT2D eigenvalue weighted by atomic mass is 9.96. The van der Waals surface area contributed by atoms with Crippen LogP contribution in [0.4, 0.5) is 11.6 Å². The highest BCUT2D eigenvalue weighted by atomic mass is 32.2. The molecule has 0 bridgehead atoms. The third-order valence-electron chi connectivity index (χ3n) is 2.76. The lowest BCUT2D eigenvalue weighted by Gasteiger charge is -2.23. The van der Waals surface area contributed by atoms with Crippen LogP contribution in [0.3, 0.4) is 0 Å². The predicted molar refractivity (Wildman–Crippen MR) is 86.5 cm³/mol. The van der Waals surface area contributed by atoms with Gasteiger partial charge in [-0.05, 0) is 13.2 Å². The van der Waals surface area contributed by atoms with Crippen molar-refractivity contribution < 1.29 is 0 Å². The first-order chi connectivity index (χ1) is 8.88. The van der Waals surface area contributed by atoms with Crippen molar-refractivity contribution in [3.63, 3.8) is 0 Å². The third kappa shape index (κ3) is 4.90. The van der Waals surface area contributed by atoms with Crippen molar-refractivity contribution in [1.82, 2.24) is 9.97 Å². The van der Waals surface area contributed by atoms with Gasteiger partial charge in [0.25, 0.3) is 0 Å². The molecule has 0 amide bonds. The molecule has 108 valence electrons. The minimum absolute atomic E-state index is 0.0411. The normalized spacial score (nSPS) is 11.5. The second kappa shape index (κ2) is 6.98. The Morgan fingerprint density at radius 3 is 2.53 bits per heavy atom. The van der Waals surface area contributed by atoms with E-state index in [2.05, 4.69) is 56.2 Å². The highest BCUT2D eigenvalue weighted by Gasteiger charge is 2.20. The molecule has 0 saturated carbocycles. The second-order valence-electron chi connectivity index (χ2n) is 5.63. The van der Waals surface area contributed by atoms with E-state index in [1.165, 1.54) is 0 Å². The fraction of sp³-hybridized carbons (Fsp3) is 0.714. The minimum Gasteiger partial charge on any atom is -0.370 e. The quantitative estimate of drug-likeness (QED) is 0.868. The molecule has 1 rings (SSSR count). The molecule has 1 heterocycles. The molecule has 1 aromatic heterocycles. The summed E-state index contributed by atoms with van der Waals surface area (Å²) >= 11 is 1.85. The Morgan fingerprint density at radius 2 is 2.00 bits per heavy atom. The van der Waals surface area contributed by atoms with E-state index in [1.807, 2.05) is 17.8 Å². The molecule has 0 aromatic carbocycles. The molecule has 0 aliphatic heterocycles. The number of hydrogen-bond donors (Lipinski definition) is 1. The number of nitrogens with one attached hydrogen (secondary N) is 1. The van der Waals surface area contributed by atoms with Crippen LogP contribution in [-0.2, 0) is 5.41 Å². The van der Waals surface area contributed by atoms with Crippen molar-refractivity contribution in [3.8, 4) is 0 Å². The van der Waals surface area contributed by atoms with Crippen LogP contribution in [0, 0.1) is 0 Å². The smallest absolute Gasteiger partial charge is 0.138 e. The summed E-state index contributed by atoms with van der Waals surface area (Å²) in [5, 5.41) is 3.29. The zero-order valence-electron chi connectivity index (χ0n) is 12.9. The van der Waals surface area contributed by atoms with E-state index in [1.54, 1.807) is 0 Å². The number of nitrogens with zero attached hydrogens (tertiary/aromatic N) is 3. The predicted octanol–water partition coefficient (Wildman–Crippen LogP) is 3.01. The minimum atomic E-state index is -0.0411. The van der Waals surface area contributed by atoms with Gasteiger partial charge in [-0.25, -0.2) is 9.97 Å². The van der Waals surface area contributed by atoms with Crippen LogP contribution in [-0.4, -0.2) is 42.1 Å². The van der Waals surface area contributed by atoms with Crippen molar-refractivity contribution in [3.05, 3.63) is 11.9 Å². The van der Waals surface area contributed by atoms with Crippen LogP contribution in [0.15, 0.2) is 6.07 Å². The Labute approximate surface area is 121 Å². The van der Waals surface area contributed by atoms with Gasteiger partial charge >= 0.3 is 0 Å². The number of anilines is 2. The van der Waals surface area contributed by atoms with Crippen LogP contribution in [0.5, 0.6) is 0 Å². The summed E-state index contributed by atoms with van der Waals surface area (Å²) in [5.74, 6) is 3.89. The number of hydrogen-bond acceptors (Lipinski definition) is 5. The zero-order valence-corrected chi connectivity index (χ0v) is 13.8. The van der Waals surface area contributed by atoms with E-state index in [0.29, 0.717) is 0 Å². The van der Waals surface area contributed by atoms with E-state index in [-0.39, 0.29) is 5.41 Å². The third-order valence-corrected chi connectivity index (χ3v) is 3.35. The van der Waals surface area contributed by atoms with Gasteiger partial charge < -0.3 is 10.2 Å². The average molecular weight is 282 g/mol. The maximum absolute atomic E-state index is 4.71. The van der Waals surface area contributed by atoms with Gasteiger partial charge in [0.2, 0.25) is 0 Å². The lowest BCUT2D eigenvalue weighted by molar-refractivity contribution is 0.545. The van der Waals surface area contributed by atoms with E-state index in [0.717, 1.165) is 36.3 Å². The molecule has 0 spiro atoms. The zero-order chi connectivity index (χ0) is 14.5. The topological polar surface area (TPSA) is 41.0 Å². The van der Waals surface area contributed by atoms with Gasteiger partial charge in [0, 0.05) is 37.4 Å². The molecule has 4 nitrogen and oxygen atoms in total. The van der Waals surface area contributed by atoms with Crippen LogP contribution >= 0.6 is 11.8 Å². The highest BCUT2D eigenvalue weighted by molar-refractivity contribution is 7.98. The van der Waals surface area contributed by atoms with Gasteiger partial charge in [-0.3, -0.25) is 0 Å². The standard InChI is InChI=1S/C14H26N4S/c1-7-15-11-10-12(18(5)8-9-19-6)17-13(16-11)14(2,3)4/h10H,7-9H2,1-6H3,(H,15,16,17). The summed E-state index contributed by atoms with van der Waals surface area (Å²) in [6.45, 7) is 10.4. The van der Waals surface area contributed by atoms with Crippen molar-refractivity contribution in [2.24, 2.45) is 0 Å². The van der Waals surface area contributed by atoms with E-state index in [9.17, 15) is 0 Å². The largest absolute Gasteiger partial charge is 0.370 e. The highest BCUT2D eigenvalue weighted by Crippen LogP contribution is 2.23. The van der Waals surface area contributed by atoms with Crippen LogP contribution < -0.4 is 10.2 Å².